The molecule has 2 heterocycles. The zero-order valence-electron chi connectivity index (χ0n) is 17.5. The maximum absolute atomic E-state index is 12.3. The van der Waals surface area contributed by atoms with Crippen molar-refractivity contribution in [3.8, 4) is 27.6 Å². The number of carbonyl (C=O) groups is 1. The van der Waals surface area contributed by atoms with E-state index in [0.29, 0.717) is 18.7 Å². The van der Waals surface area contributed by atoms with Gasteiger partial charge >= 0.3 is 0 Å². The average molecular weight is 447 g/mol. The molecule has 8 heteroatoms. The molecule has 162 valence electrons. The smallest absolute Gasteiger partial charge is 0.254 e. The molecule has 32 heavy (non-hydrogen) atoms. The minimum absolute atomic E-state index is 0.0743. The van der Waals surface area contributed by atoms with Crippen molar-refractivity contribution in [2.75, 3.05) is 13.7 Å². The van der Waals surface area contributed by atoms with Crippen molar-refractivity contribution in [2.45, 2.75) is 13.0 Å². The van der Waals surface area contributed by atoms with Gasteiger partial charge in [-0.15, -0.1) is 11.3 Å². The molecular weight excluding hydrogens is 424 g/mol. The number of carbonyl (C=O) groups excluding carboxylic acids is 1. The van der Waals surface area contributed by atoms with Crippen LogP contribution in [0.15, 0.2) is 77.2 Å². The van der Waals surface area contributed by atoms with E-state index in [4.69, 9.17) is 4.74 Å². The molecule has 4 rings (SSSR count). The van der Waals surface area contributed by atoms with Crippen LogP contribution in [-0.4, -0.2) is 34.1 Å². The third-order valence-electron chi connectivity index (χ3n) is 4.86. The third-order valence-corrected chi connectivity index (χ3v) is 5.80. The predicted octanol–water partition coefficient (Wildman–Crippen LogP) is 3.40. The lowest BCUT2D eigenvalue weighted by Gasteiger charge is -2.07. The zero-order chi connectivity index (χ0) is 22.3. The first-order valence-corrected chi connectivity index (χ1v) is 11.0. The van der Waals surface area contributed by atoms with Crippen molar-refractivity contribution in [1.82, 2.24) is 19.9 Å². The van der Waals surface area contributed by atoms with E-state index in [1.54, 1.807) is 18.4 Å². The summed E-state index contributed by atoms with van der Waals surface area (Å²) in [6.45, 7) is 0.365. The summed E-state index contributed by atoms with van der Waals surface area (Å²) in [5.41, 5.74) is 3.11. The van der Waals surface area contributed by atoms with Gasteiger partial charge in [-0.25, -0.2) is 9.97 Å². The Balaban J connectivity index is 1.29. The molecule has 1 N–H and O–H groups in total. The summed E-state index contributed by atoms with van der Waals surface area (Å²) in [6.07, 6.45) is 2.02. The molecule has 0 aliphatic carbocycles. The molecule has 0 bridgehead atoms. The van der Waals surface area contributed by atoms with Gasteiger partial charge in [0.2, 0.25) is 5.91 Å². The first-order chi connectivity index (χ1) is 15.6. The fraction of sp³-hybridized carbons (Fsp3) is 0.167. The molecule has 0 saturated carbocycles. The number of benzene rings is 2. The van der Waals surface area contributed by atoms with Crippen LogP contribution < -0.4 is 15.6 Å². The highest BCUT2D eigenvalue weighted by Gasteiger charge is 2.09. The maximum Gasteiger partial charge on any atom is 0.254 e. The number of rotatable bonds is 8. The fourth-order valence-corrected chi connectivity index (χ4v) is 4.00. The Morgan fingerprint density at radius 2 is 1.88 bits per heavy atom. The Morgan fingerprint density at radius 1 is 1.09 bits per heavy atom. The van der Waals surface area contributed by atoms with Crippen LogP contribution in [0.4, 0.5) is 0 Å². The number of methoxy groups -OCH3 is 1. The molecule has 0 unspecified atom stereocenters. The number of nitrogens with one attached hydrogen (secondary N) is 1. The van der Waals surface area contributed by atoms with Crippen LogP contribution in [0, 0.1) is 0 Å². The quantitative estimate of drug-likeness (QED) is 0.448. The topological polar surface area (TPSA) is 86.1 Å². The van der Waals surface area contributed by atoms with Crippen LogP contribution in [0.25, 0.3) is 21.8 Å². The second-order valence-electron chi connectivity index (χ2n) is 7.08. The molecule has 0 saturated heterocycles. The number of hydrogen-bond acceptors (Lipinski definition) is 6. The van der Waals surface area contributed by atoms with Gasteiger partial charge < -0.3 is 10.1 Å². The molecule has 7 nitrogen and oxygen atoms in total. The van der Waals surface area contributed by atoms with Crippen molar-refractivity contribution in [3.05, 3.63) is 88.4 Å². The molecule has 2 aromatic carbocycles. The standard InChI is InChI=1S/C24H22N4O3S/c1-31-20-9-7-18(8-10-20)24-27-19(15-32-24)11-12-25-22(29)14-28-16-26-21(13-23(28)30)17-5-3-2-4-6-17/h2-10,13,15-16H,11-12,14H2,1H3,(H,25,29). The van der Waals surface area contributed by atoms with Crippen molar-refractivity contribution in [1.29, 1.82) is 0 Å². The number of nitrogens with zero attached hydrogens (tertiary/aromatic N) is 3. The van der Waals surface area contributed by atoms with Crippen molar-refractivity contribution in [3.63, 3.8) is 0 Å². The first kappa shape index (κ1) is 21.5. The van der Waals surface area contributed by atoms with Gasteiger partial charge in [0.05, 0.1) is 24.8 Å². The minimum Gasteiger partial charge on any atom is -0.497 e. The second-order valence-corrected chi connectivity index (χ2v) is 7.94. The molecule has 2 aromatic heterocycles. The van der Waals surface area contributed by atoms with Gasteiger partial charge in [0.15, 0.2) is 0 Å². The molecule has 0 aliphatic heterocycles. The van der Waals surface area contributed by atoms with Crippen molar-refractivity contribution < 1.29 is 9.53 Å². The molecular formula is C24H22N4O3S. The molecule has 0 fully saturated rings. The predicted molar refractivity (Wildman–Crippen MR) is 125 cm³/mol. The first-order valence-electron chi connectivity index (χ1n) is 10.1. The summed E-state index contributed by atoms with van der Waals surface area (Å²) in [5.74, 6) is 0.559. The molecule has 0 spiro atoms. The molecule has 0 radical (unpaired) electrons. The van der Waals surface area contributed by atoms with Crippen LogP contribution in [0.2, 0.25) is 0 Å². The largest absolute Gasteiger partial charge is 0.497 e. The van der Waals surface area contributed by atoms with Crippen LogP contribution >= 0.6 is 11.3 Å². The minimum atomic E-state index is -0.266. The van der Waals surface area contributed by atoms with Gasteiger partial charge in [0.25, 0.3) is 5.56 Å². The summed E-state index contributed by atoms with van der Waals surface area (Å²) in [7, 11) is 1.64. The number of aromatic nitrogens is 3. The van der Waals surface area contributed by atoms with Crippen LogP contribution in [0.1, 0.15) is 5.69 Å². The SMILES string of the molecule is COc1ccc(-c2nc(CCNC(=O)Cn3cnc(-c4ccccc4)cc3=O)cs2)cc1. The van der Waals surface area contributed by atoms with Crippen LogP contribution in [-0.2, 0) is 17.8 Å². The van der Waals surface area contributed by atoms with Gasteiger partial charge in [-0.1, -0.05) is 30.3 Å². The highest BCUT2D eigenvalue weighted by molar-refractivity contribution is 7.13. The number of thiazole rings is 1. The molecule has 0 aliphatic rings. The highest BCUT2D eigenvalue weighted by Crippen LogP contribution is 2.25. The Bertz CT molecular complexity index is 1250. The highest BCUT2D eigenvalue weighted by atomic mass is 32.1. The van der Waals surface area contributed by atoms with E-state index in [1.165, 1.54) is 17.0 Å². The lowest BCUT2D eigenvalue weighted by Crippen LogP contribution is -2.33. The van der Waals surface area contributed by atoms with E-state index in [1.807, 2.05) is 60.0 Å². The van der Waals surface area contributed by atoms with Gasteiger partial charge in [-0.3, -0.25) is 14.2 Å². The van der Waals surface area contributed by atoms with Crippen molar-refractivity contribution in [2.24, 2.45) is 0 Å². The van der Waals surface area contributed by atoms with E-state index in [9.17, 15) is 9.59 Å². The van der Waals surface area contributed by atoms with Crippen LogP contribution in [0.5, 0.6) is 5.75 Å². The molecule has 0 atom stereocenters. The Kier molecular flexibility index (Phi) is 6.72. The lowest BCUT2D eigenvalue weighted by atomic mass is 10.1. The lowest BCUT2D eigenvalue weighted by molar-refractivity contribution is -0.121. The number of amides is 1. The summed E-state index contributed by atoms with van der Waals surface area (Å²) in [6, 6.07) is 18.6. The Morgan fingerprint density at radius 3 is 2.59 bits per heavy atom. The van der Waals surface area contributed by atoms with E-state index in [-0.39, 0.29) is 18.0 Å². The monoisotopic (exact) mass is 446 g/mol. The number of ether oxygens (including phenoxy) is 1. The third kappa shape index (κ3) is 5.28. The van der Waals surface area contributed by atoms with E-state index in [0.717, 1.165) is 27.6 Å². The average Bonchev–Trinajstić information content (AvgIpc) is 3.30. The van der Waals surface area contributed by atoms with Gasteiger partial charge in [0.1, 0.15) is 17.3 Å². The summed E-state index contributed by atoms with van der Waals surface area (Å²) in [4.78, 5) is 33.5. The second kappa shape index (κ2) is 10.0. The summed E-state index contributed by atoms with van der Waals surface area (Å²) < 4.78 is 6.48. The Labute approximate surface area is 189 Å². The normalized spacial score (nSPS) is 10.7. The number of hydrogen-bond donors (Lipinski definition) is 1. The maximum atomic E-state index is 12.3. The summed E-state index contributed by atoms with van der Waals surface area (Å²) >= 11 is 1.56. The zero-order valence-corrected chi connectivity index (χ0v) is 18.3. The molecule has 1 amide bonds. The fourth-order valence-electron chi connectivity index (χ4n) is 3.14. The van der Waals surface area contributed by atoms with E-state index < -0.39 is 0 Å². The van der Waals surface area contributed by atoms with Gasteiger partial charge in [0, 0.05) is 35.5 Å². The van der Waals surface area contributed by atoms with E-state index >= 15 is 0 Å². The Hall–Kier alpha value is -3.78. The molecule has 4 aromatic rings. The van der Waals surface area contributed by atoms with Crippen LogP contribution in [0.3, 0.4) is 0 Å². The van der Waals surface area contributed by atoms with Gasteiger partial charge in [-0.05, 0) is 24.3 Å². The summed E-state index contributed by atoms with van der Waals surface area (Å²) in [5, 5.41) is 5.75. The van der Waals surface area contributed by atoms with Crippen molar-refractivity contribution >= 4 is 17.2 Å². The van der Waals surface area contributed by atoms with E-state index in [2.05, 4.69) is 15.3 Å². The van der Waals surface area contributed by atoms with Gasteiger partial charge in [-0.2, -0.15) is 0 Å².